The van der Waals surface area contributed by atoms with Crippen LogP contribution in [-0.2, 0) is 0 Å². The minimum absolute atomic E-state index is 0.0328. The van der Waals surface area contributed by atoms with Crippen LogP contribution in [0.25, 0.3) is 22.6 Å². The number of nitro groups is 1. The summed E-state index contributed by atoms with van der Waals surface area (Å²) < 4.78 is 5.84. The number of rotatable bonds is 4. The maximum absolute atomic E-state index is 12.5. The number of amides is 1. The van der Waals surface area contributed by atoms with Crippen LogP contribution in [0.3, 0.4) is 0 Å². The van der Waals surface area contributed by atoms with E-state index in [0.717, 1.165) is 5.56 Å². The Balaban J connectivity index is 1.54. The number of hydrogen-bond donors (Lipinski definition) is 2. The average Bonchev–Trinajstić information content (AvgIpc) is 3.17. The molecule has 0 aliphatic carbocycles. The number of nitrogens with zero attached hydrogens (tertiary/aromatic N) is 2. The predicted molar refractivity (Wildman–Crippen MR) is 126 cm³/mol. The van der Waals surface area contributed by atoms with Gasteiger partial charge in [0.25, 0.3) is 11.6 Å². The molecule has 0 saturated carbocycles. The number of benzene rings is 3. The normalized spacial score (nSPS) is 10.7. The molecule has 1 heterocycles. The molecule has 0 aliphatic heterocycles. The van der Waals surface area contributed by atoms with Crippen molar-refractivity contribution in [3.63, 3.8) is 0 Å². The highest BCUT2D eigenvalue weighted by atomic mass is 35.5. The fourth-order valence-electron chi connectivity index (χ4n) is 3.07. The first-order chi connectivity index (χ1) is 15.3. The minimum atomic E-state index is -0.696. The SMILES string of the molecule is Cc1ccc2nc(-c3cc(NC(=S)NC(=O)c4ccccc4[N+](=O)[O-])ccc3Cl)oc2c1. The van der Waals surface area contributed by atoms with Crippen LogP contribution < -0.4 is 10.6 Å². The molecule has 2 N–H and O–H groups in total. The zero-order valence-corrected chi connectivity index (χ0v) is 18.2. The number of carbonyl (C=O) groups excluding carboxylic acids is 1. The van der Waals surface area contributed by atoms with E-state index in [-0.39, 0.29) is 16.4 Å². The Morgan fingerprint density at radius 1 is 1.16 bits per heavy atom. The number of oxazole rings is 1. The van der Waals surface area contributed by atoms with Gasteiger partial charge in [-0.3, -0.25) is 20.2 Å². The topological polar surface area (TPSA) is 110 Å². The number of aryl methyl sites for hydroxylation is 1. The molecular weight excluding hydrogens is 452 g/mol. The molecule has 8 nitrogen and oxygen atoms in total. The highest BCUT2D eigenvalue weighted by molar-refractivity contribution is 7.80. The van der Waals surface area contributed by atoms with E-state index in [1.807, 2.05) is 25.1 Å². The number of para-hydroxylation sites is 1. The molecule has 1 amide bonds. The van der Waals surface area contributed by atoms with E-state index in [9.17, 15) is 14.9 Å². The molecule has 0 unspecified atom stereocenters. The molecule has 10 heteroatoms. The van der Waals surface area contributed by atoms with Crippen molar-refractivity contribution in [1.29, 1.82) is 0 Å². The van der Waals surface area contributed by atoms with Crippen molar-refractivity contribution < 1.29 is 14.1 Å². The van der Waals surface area contributed by atoms with E-state index in [2.05, 4.69) is 15.6 Å². The van der Waals surface area contributed by atoms with Crippen LogP contribution in [0.5, 0.6) is 0 Å². The second-order valence-electron chi connectivity index (χ2n) is 6.87. The summed E-state index contributed by atoms with van der Waals surface area (Å²) in [5.74, 6) is -0.354. The maximum Gasteiger partial charge on any atom is 0.282 e. The Labute approximate surface area is 192 Å². The lowest BCUT2D eigenvalue weighted by molar-refractivity contribution is -0.385. The van der Waals surface area contributed by atoms with Gasteiger partial charge in [0.1, 0.15) is 11.1 Å². The summed E-state index contributed by atoms with van der Waals surface area (Å²) in [6.07, 6.45) is 0. The number of aromatic nitrogens is 1. The zero-order chi connectivity index (χ0) is 22.8. The van der Waals surface area contributed by atoms with Crippen LogP contribution in [0.15, 0.2) is 65.1 Å². The number of anilines is 1. The van der Waals surface area contributed by atoms with E-state index in [1.54, 1.807) is 18.2 Å². The molecule has 32 heavy (non-hydrogen) atoms. The monoisotopic (exact) mass is 466 g/mol. The molecule has 0 fully saturated rings. The van der Waals surface area contributed by atoms with E-state index in [4.69, 9.17) is 28.2 Å². The first-order valence-electron chi connectivity index (χ1n) is 9.34. The first kappa shape index (κ1) is 21.4. The highest BCUT2D eigenvalue weighted by Crippen LogP contribution is 2.32. The molecule has 160 valence electrons. The van der Waals surface area contributed by atoms with Gasteiger partial charge in [0.05, 0.1) is 15.5 Å². The number of hydrogen-bond acceptors (Lipinski definition) is 6. The van der Waals surface area contributed by atoms with Crippen LogP contribution in [0.4, 0.5) is 11.4 Å². The molecule has 0 bridgehead atoms. The maximum atomic E-state index is 12.5. The largest absolute Gasteiger partial charge is 0.436 e. The Bertz CT molecular complexity index is 1390. The third-order valence-electron chi connectivity index (χ3n) is 4.57. The summed E-state index contributed by atoms with van der Waals surface area (Å²) in [4.78, 5) is 27.4. The van der Waals surface area contributed by atoms with Gasteiger partial charge < -0.3 is 9.73 Å². The summed E-state index contributed by atoms with van der Waals surface area (Å²) in [5, 5.41) is 16.9. The molecule has 0 radical (unpaired) electrons. The van der Waals surface area contributed by atoms with Gasteiger partial charge in [-0.05, 0) is 61.1 Å². The van der Waals surface area contributed by atoms with E-state index < -0.39 is 10.8 Å². The first-order valence-corrected chi connectivity index (χ1v) is 10.1. The van der Waals surface area contributed by atoms with Gasteiger partial charge in [0, 0.05) is 11.8 Å². The number of carbonyl (C=O) groups is 1. The molecular formula is C22H15ClN4O4S. The molecule has 3 aromatic carbocycles. The second-order valence-corrected chi connectivity index (χ2v) is 7.68. The van der Waals surface area contributed by atoms with E-state index in [0.29, 0.717) is 33.3 Å². The molecule has 0 saturated heterocycles. The number of halogens is 1. The molecule has 4 rings (SSSR count). The lowest BCUT2D eigenvalue weighted by Crippen LogP contribution is -2.34. The summed E-state index contributed by atoms with van der Waals surface area (Å²) in [6.45, 7) is 1.96. The van der Waals surface area contributed by atoms with Crippen LogP contribution in [0.2, 0.25) is 5.02 Å². The van der Waals surface area contributed by atoms with E-state index >= 15 is 0 Å². The quantitative estimate of drug-likeness (QED) is 0.232. The summed E-state index contributed by atoms with van der Waals surface area (Å²) in [7, 11) is 0. The minimum Gasteiger partial charge on any atom is -0.436 e. The standard InChI is InChI=1S/C22H15ClN4O4S/c1-12-6-9-17-19(10-12)31-21(25-17)15-11-13(7-8-16(15)23)24-22(32)26-20(28)14-4-2-3-5-18(14)27(29)30/h2-11H,1H3,(H2,24,26,28,32). The second kappa shape index (κ2) is 8.74. The fourth-order valence-corrected chi connectivity index (χ4v) is 3.48. The van der Waals surface area contributed by atoms with Crippen molar-refractivity contribution in [2.75, 3.05) is 5.32 Å². The van der Waals surface area contributed by atoms with Crippen molar-refractivity contribution in [3.05, 3.63) is 86.9 Å². The molecule has 4 aromatic rings. The van der Waals surface area contributed by atoms with Crippen LogP contribution in [-0.4, -0.2) is 20.9 Å². The Hall–Kier alpha value is -3.82. The van der Waals surface area contributed by atoms with Crippen molar-refractivity contribution in [2.45, 2.75) is 6.92 Å². The molecule has 0 spiro atoms. The molecule has 0 atom stereocenters. The Morgan fingerprint density at radius 2 is 1.94 bits per heavy atom. The third kappa shape index (κ3) is 4.43. The van der Waals surface area contributed by atoms with Crippen LogP contribution in [0, 0.1) is 17.0 Å². The summed E-state index contributed by atoms with van der Waals surface area (Å²) in [5.41, 5.74) is 3.04. The summed E-state index contributed by atoms with van der Waals surface area (Å²) in [6, 6.07) is 16.3. The third-order valence-corrected chi connectivity index (χ3v) is 5.10. The van der Waals surface area contributed by atoms with Gasteiger partial charge >= 0.3 is 0 Å². The number of nitrogens with one attached hydrogen (secondary N) is 2. The van der Waals surface area contributed by atoms with Gasteiger partial charge in [-0.2, -0.15) is 0 Å². The van der Waals surface area contributed by atoms with Crippen molar-refractivity contribution >= 4 is 57.3 Å². The summed E-state index contributed by atoms with van der Waals surface area (Å²) >= 11 is 11.5. The van der Waals surface area contributed by atoms with Gasteiger partial charge in [-0.25, -0.2) is 4.98 Å². The lowest BCUT2D eigenvalue weighted by atomic mass is 10.1. The molecule has 0 aliphatic rings. The van der Waals surface area contributed by atoms with Gasteiger partial charge in [0.2, 0.25) is 5.89 Å². The van der Waals surface area contributed by atoms with Gasteiger partial charge in [0.15, 0.2) is 10.7 Å². The fraction of sp³-hybridized carbons (Fsp3) is 0.0455. The van der Waals surface area contributed by atoms with Crippen molar-refractivity contribution in [1.82, 2.24) is 10.3 Å². The Morgan fingerprint density at radius 3 is 2.72 bits per heavy atom. The average molecular weight is 467 g/mol. The van der Waals surface area contributed by atoms with E-state index in [1.165, 1.54) is 24.3 Å². The van der Waals surface area contributed by atoms with Crippen LogP contribution >= 0.6 is 23.8 Å². The number of thiocarbonyl (C=S) groups is 1. The molecule has 1 aromatic heterocycles. The zero-order valence-electron chi connectivity index (χ0n) is 16.6. The van der Waals surface area contributed by atoms with Gasteiger partial charge in [-0.15, -0.1) is 0 Å². The Kier molecular flexibility index (Phi) is 5.85. The predicted octanol–water partition coefficient (Wildman–Crippen LogP) is 5.49. The van der Waals surface area contributed by atoms with Gasteiger partial charge in [-0.1, -0.05) is 29.8 Å². The lowest BCUT2D eigenvalue weighted by Gasteiger charge is -2.11. The van der Waals surface area contributed by atoms with Crippen LogP contribution in [0.1, 0.15) is 15.9 Å². The number of fused-ring (bicyclic) bond motifs is 1. The smallest absolute Gasteiger partial charge is 0.282 e. The van der Waals surface area contributed by atoms with Crippen molar-refractivity contribution in [2.24, 2.45) is 0 Å². The van der Waals surface area contributed by atoms with Crippen molar-refractivity contribution in [3.8, 4) is 11.5 Å². The number of nitro benzene ring substituents is 1. The highest BCUT2D eigenvalue weighted by Gasteiger charge is 2.20.